The molecular formula is C23H29ClN2O4. The zero-order valence-electron chi connectivity index (χ0n) is 17.9. The monoisotopic (exact) mass is 432 g/mol. The van der Waals surface area contributed by atoms with Gasteiger partial charge < -0.3 is 14.8 Å². The number of ether oxygens (including phenoxy) is 2. The third-order valence-corrected chi connectivity index (χ3v) is 5.41. The van der Waals surface area contributed by atoms with Gasteiger partial charge in [0, 0.05) is 18.7 Å². The highest BCUT2D eigenvalue weighted by Gasteiger charge is 2.43. The zero-order valence-corrected chi connectivity index (χ0v) is 18.7. The molecule has 0 aliphatic carbocycles. The van der Waals surface area contributed by atoms with Crippen molar-refractivity contribution in [2.24, 2.45) is 0 Å². The van der Waals surface area contributed by atoms with Crippen LogP contribution in [0.5, 0.6) is 11.5 Å². The number of nitrogens with zero attached hydrogens (tertiary/aromatic N) is 1. The molecule has 0 saturated heterocycles. The van der Waals surface area contributed by atoms with Crippen LogP contribution >= 0.6 is 12.4 Å². The molecule has 30 heavy (non-hydrogen) atoms. The molecule has 2 amide bonds. The molecule has 1 N–H and O–H groups in total. The minimum absolute atomic E-state index is 0. The molecule has 0 spiro atoms. The van der Waals surface area contributed by atoms with Gasteiger partial charge in [-0.3, -0.25) is 14.5 Å². The van der Waals surface area contributed by atoms with E-state index in [4.69, 9.17) is 9.47 Å². The van der Waals surface area contributed by atoms with Crippen LogP contribution in [-0.4, -0.2) is 50.6 Å². The molecule has 3 rings (SSSR count). The van der Waals surface area contributed by atoms with Gasteiger partial charge in [-0.1, -0.05) is 24.3 Å². The Hall–Kier alpha value is -2.57. The maximum atomic E-state index is 12.9. The molecule has 1 aliphatic heterocycles. The summed E-state index contributed by atoms with van der Waals surface area (Å²) in [5.74, 6) is 1.04. The molecule has 0 saturated carbocycles. The van der Waals surface area contributed by atoms with Crippen molar-refractivity contribution in [2.75, 3.05) is 33.9 Å². The van der Waals surface area contributed by atoms with Crippen LogP contribution in [0, 0.1) is 0 Å². The molecule has 1 aliphatic rings. The van der Waals surface area contributed by atoms with Crippen molar-refractivity contribution in [3.8, 4) is 11.5 Å². The minimum atomic E-state index is -0.704. The fourth-order valence-electron chi connectivity index (χ4n) is 3.69. The van der Waals surface area contributed by atoms with Gasteiger partial charge in [0.05, 0.1) is 19.6 Å². The summed E-state index contributed by atoms with van der Waals surface area (Å²) in [4.78, 5) is 27.0. The Morgan fingerprint density at radius 2 is 1.67 bits per heavy atom. The summed E-state index contributed by atoms with van der Waals surface area (Å²) in [7, 11) is 3.23. The van der Waals surface area contributed by atoms with Crippen LogP contribution in [0.3, 0.4) is 0 Å². The van der Waals surface area contributed by atoms with E-state index in [0.29, 0.717) is 30.2 Å². The summed E-state index contributed by atoms with van der Waals surface area (Å²) in [6.45, 7) is 5.37. The van der Waals surface area contributed by atoms with Crippen LogP contribution < -0.4 is 14.8 Å². The Morgan fingerprint density at radius 3 is 2.37 bits per heavy atom. The van der Waals surface area contributed by atoms with Crippen LogP contribution in [0.15, 0.2) is 42.5 Å². The molecule has 0 aromatic heterocycles. The van der Waals surface area contributed by atoms with Gasteiger partial charge in [0.2, 0.25) is 5.91 Å². The first-order valence-corrected chi connectivity index (χ1v) is 9.77. The quantitative estimate of drug-likeness (QED) is 0.512. The number of fused-ring (bicyclic) bond motifs is 1. The number of imide groups is 1. The van der Waals surface area contributed by atoms with Crippen LogP contribution in [-0.2, 0) is 16.6 Å². The predicted molar refractivity (Wildman–Crippen MR) is 119 cm³/mol. The number of nitrogens with one attached hydrogen (secondary N) is 1. The number of rotatable bonds is 8. The van der Waals surface area contributed by atoms with Crippen molar-refractivity contribution in [2.45, 2.75) is 25.7 Å². The largest absolute Gasteiger partial charge is 0.493 e. The molecule has 162 valence electrons. The van der Waals surface area contributed by atoms with Crippen LogP contribution in [0.1, 0.15) is 35.3 Å². The summed E-state index contributed by atoms with van der Waals surface area (Å²) >= 11 is 0. The van der Waals surface area contributed by atoms with Crippen LogP contribution in [0.25, 0.3) is 0 Å². The Morgan fingerprint density at radius 1 is 0.967 bits per heavy atom. The Labute approximate surface area is 184 Å². The van der Waals surface area contributed by atoms with Gasteiger partial charge in [-0.25, -0.2) is 0 Å². The second kappa shape index (κ2) is 9.96. The highest BCUT2D eigenvalue weighted by Crippen LogP contribution is 2.34. The van der Waals surface area contributed by atoms with Crippen molar-refractivity contribution in [3.05, 3.63) is 59.2 Å². The maximum absolute atomic E-state index is 12.9. The Kier molecular flexibility index (Phi) is 7.87. The first-order valence-electron chi connectivity index (χ1n) is 9.77. The minimum Gasteiger partial charge on any atom is -0.493 e. The van der Waals surface area contributed by atoms with E-state index in [9.17, 15) is 9.59 Å². The van der Waals surface area contributed by atoms with Gasteiger partial charge in [-0.15, -0.1) is 12.4 Å². The van der Waals surface area contributed by atoms with Crippen molar-refractivity contribution >= 4 is 24.2 Å². The van der Waals surface area contributed by atoms with Crippen LogP contribution in [0.2, 0.25) is 0 Å². The normalized spacial score (nSPS) is 14.7. The van der Waals surface area contributed by atoms with Crippen molar-refractivity contribution < 1.29 is 19.1 Å². The van der Waals surface area contributed by atoms with Gasteiger partial charge in [-0.2, -0.15) is 0 Å². The fraction of sp³-hybridized carbons (Fsp3) is 0.391. The van der Waals surface area contributed by atoms with E-state index in [2.05, 4.69) is 5.32 Å². The van der Waals surface area contributed by atoms with E-state index >= 15 is 0 Å². The molecular weight excluding hydrogens is 404 g/mol. The Bertz CT molecular complexity index is 914. The van der Waals surface area contributed by atoms with E-state index < -0.39 is 5.41 Å². The number of carbonyl (C=O) groups is 2. The van der Waals surface area contributed by atoms with Gasteiger partial charge in [-0.05, 0) is 56.1 Å². The smallest absolute Gasteiger partial charge is 0.260 e. The number of carbonyl (C=O) groups excluding carboxylic acids is 2. The highest BCUT2D eigenvalue weighted by atomic mass is 35.5. The SMILES string of the molecule is COc1ccc(CCNCCN2C(=O)c3ccccc3C(C)(C)C2=O)cc1OC.Cl. The third kappa shape index (κ3) is 4.60. The van der Waals surface area contributed by atoms with Crippen LogP contribution in [0.4, 0.5) is 0 Å². The molecule has 0 atom stereocenters. The van der Waals surface area contributed by atoms with Gasteiger partial charge in [0.15, 0.2) is 11.5 Å². The summed E-state index contributed by atoms with van der Waals surface area (Å²) < 4.78 is 10.6. The number of halogens is 1. The molecule has 6 nitrogen and oxygen atoms in total. The van der Waals surface area contributed by atoms with Gasteiger partial charge in [0.25, 0.3) is 5.91 Å². The van der Waals surface area contributed by atoms with Crippen molar-refractivity contribution in [3.63, 3.8) is 0 Å². The first kappa shape index (κ1) is 23.7. The lowest BCUT2D eigenvalue weighted by molar-refractivity contribution is -0.134. The number of hydrogen-bond donors (Lipinski definition) is 1. The first-order chi connectivity index (χ1) is 13.9. The summed E-state index contributed by atoms with van der Waals surface area (Å²) in [5, 5.41) is 3.32. The second-order valence-corrected chi connectivity index (χ2v) is 7.62. The summed E-state index contributed by atoms with van der Waals surface area (Å²) in [6.07, 6.45) is 0.802. The van der Waals surface area contributed by atoms with Crippen molar-refractivity contribution in [1.82, 2.24) is 10.2 Å². The topological polar surface area (TPSA) is 67.9 Å². The predicted octanol–water partition coefficient (Wildman–Crippen LogP) is 3.22. The maximum Gasteiger partial charge on any atom is 0.260 e. The number of amides is 2. The molecule has 7 heteroatoms. The molecule has 2 aromatic carbocycles. The standard InChI is InChI=1S/C23H28N2O4.ClH/c1-23(2)18-8-6-5-7-17(18)21(26)25(22(23)27)14-13-24-12-11-16-9-10-19(28-3)20(15-16)29-4;/h5-10,15,24H,11-14H2,1-4H3;1H. The summed E-state index contributed by atoms with van der Waals surface area (Å²) in [5.41, 5.74) is 1.83. The molecule has 0 fully saturated rings. The lowest BCUT2D eigenvalue weighted by Gasteiger charge is -2.37. The van der Waals surface area contributed by atoms with E-state index in [0.717, 1.165) is 24.1 Å². The van der Waals surface area contributed by atoms with Gasteiger partial charge >= 0.3 is 0 Å². The van der Waals surface area contributed by atoms with Crippen molar-refractivity contribution in [1.29, 1.82) is 0 Å². The molecule has 2 aromatic rings. The Balaban J connectivity index is 0.00000320. The van der Waals surface area contributed by atoms with E-state index in [-0.39, 0.29) is 24.2 Å². The second-order valence-electron chi connectivity index (χ2n) is 7.62. The average molecular weight is 433 g/mol. The van der Waals surface area contributed by atoms with E-state index in [1.165, 1.54) is 4.90 Å². The third-order valence-electron chi connectivity index (χ3n) is 5.41. The number of hydrogen-bond acceptors (Lipinski definition) is 5. The molecule has 1 heterocycles. The molecule has 0 bridgehead atoms. The number of benzene rings is 2. The number of methoxy groups -OCH3 is 2. The van der Waals surface area contributed by atoms with E-state index in [1.807, 2.05) is 50.2 Å². The van der Waals surface area contributed by atoms with Gasteiger partial charge in [0.1, 0.15) is 0 Å². The molecule has 0 radical (unpaired) electrons. The average Bonchev–Trinajstić information content (AvgIpc) is 2.74. The molecule has 0 unspecified atom stereocenters. The summed E-state index contributed by atoms with van der Waals surface area (Å²) in [6, 6.07) is 13.2. The lowest BCUT2D eigenvalue weighted by atomic mass is 9.77. The zero-order chi connectivity index (χ0) is 21.0. The highest BCUT2D eigenvalue weighted by molar-refractivity contribution is 6.12. The van der Waals surface area contributed by atoms with E-state index in [1.54, 1.807) is 20.3 Å². The fourth-order valence-corrected chi connectivity index (χ4v) is 3.69. The lowest BCUT2D eigenvalue weighted by Crippen LogP contribution is -2.53.